The van der Waals surface area contributed by atoms with E-state index in [9.17, 15) is 23.2 Å². The van der Waals surface area contributed by atoms with Crippen LogP contribution >= 0.6 is 0 Å². The summed E-state index contributed by atoms with van der Waals surface area (Å²) in [6, 6.07) is 4.18. The van der Waals surface area contributed by atoms with Gasteiger partial charge in [0.2, 0.25) is 5.82 Å². The number of rotatable bonds is 10. The standard InChI is InChI=1S/C43H52F5N5O6Si/c1-24(2)60(25(3)4,26(5)6)16-15-31-34(44)14-11-27-17-30(58-23-56-10)18-32(35(27)31)38-36(45)37-33(21-52(38)55)39(50-40(49-37)57-22-43(46,47)48)51-19-28-12-13-29(20-51)53(28)41(54)59-42(7,8)9/h11,14,17-18,21,24-26,28-29H,12-13,19-20,22-23H2,1-10H3/t28-,29+. The third kappa shape index (κ3) is 8.76. The lowest BCUT2D eigenvalue weighted by atomic mass is 9.95. The number of piperazine rings is 1. The van der Waals surface area contributed by atoms with Crippen molar-refractivity contribution >= 4 is 41.7 Å². The van der Waals surface area contributed by atoms with Crippen molar-refractivity contribution in [3.05, 3.63) is 52.9 Å². The Hall–Kier alpha value is -4.95. The first-order chi connectivity index (χ1) is 28.1. The number of carbonyl (C=O) groups is 1. The summed E-state index contributed by atoms with van der Waals surface area (Å²) >= 11 is 0. The highest BCUT2D eigenvalue weighted by Crippen LogP contribution is 2.43. The molecular formula is C43H52F5N5O6Si. The molecule has 0 saturated carbocycles. The second kappa shape index (κ2) is 16.8. The average Bonchev–Trinajstić information content (AvgIpc) is 3.41. The van der Waals surface area contributed by atoms with E-state index in [2.05, 4.69) is 63.0 Å². The van der Waals surface area contributed by atoms with Crippen LogP contribution in [0.1, 0.15) is 80.7 Å². The molecule has 17 heteroatoms. The van der Waals surface area contributed by atoms with E-state index in [0.717, 1.165) is 6.20 Å². The highest BCUT2D eigenvalue weighted by Gasteiger charge is 2.46. The van der Waals surface area contributed by atoms with Gasteiger partial charge in [-0.1, -0.05) is 53.5 Å². The molecule has 4 heterocycles. The van der Waals surface area contributed by atoms with Crippen molar-refractivity contribution in [2.24, 2.45) is 0 Å². The molecule has 2 aliphatic heterocycles. The maximum absolute atomic E-state index is 17.5. The Labute approximate surface area is 347 Å². The summed E-state index contributed by atoms with van der Waals surface area (Å²) in [6.07, 6.45) is -3.02. The highest BCUT2D eigenvalue weighted by atomic mass is 28.3. The predicted molar refractivity (Wildman–Crippen MR) is 220 cm³/mol. The second-order valence-electron chi connectivity index (χ2n) is 17.5. The molecule has 2 aliphatic rings. The number of hydrogen-bond acceptors (Lipinski definition) is 9. The molecule has 324 valence electrons. The molecule has 0 spiro atoms. The van der Waals surface area contributed by atoms with Gasteiger partial charge in [-0.15, -0.1) is 5.54 Å². The quantitative estimate of drug-likeness (QED) is 0.0385. The van der Waals surface area contributed by atoms with Crippen LogP contribution in [0, 0.1) is 28.3 Å². The third-order valence-corrected chi connectivity index (χ3v) is 17.7. The lowest BCUT2D eigenvalue weighted by Crippen LogP contribution is -2.57. The van der Waals surface area contributed by atoms with Crippen molar-refractivity contribution in [3.8, 4) is 34.5 Å². The molecule has 2 atom stereocenters. The van der Waals surface area contributed by atoms with Crippen molar-refractivity contribution in [1.29, 1.82) is 0 Å². The number of nitrogens with zero attached hydrogens (tertiary/aromatic N) is 5. The number of anilines is 1. The summed E-state index contributed by atoms with van der Waals surface area (Å²) in [5, 5.41) is 14.8. The summed E-state index contributed by atoms with van der Waals surface area (Å²) in [5.41, 5.74) is 2.14. The normalized spacial score (nSPS) is 17.2. The Balaban J connectivity index is 1.59. The van der Waals surface area contributed by atoms with Crippen LogP contribution in [-0.4, -0.2) is 86.5 Å². The molecule has 0 N–H and O–H groups in total. The van der Waals surface area contributed by atoms with E-state index in [1.54, 1.807) is 36.6 Å². The Morgan fingerprint density at radius 1 is 0.983 bits per heavy atom. The third-order valence-electron chi connectivity index (χ3n) is 11.4. The predicted octanol–water partition coefficient (Wildman–Crippen LogP) is 9.44. The SMILES string of the molecule is COCOc1cc(-c2c(F)c3nc(OCC(F)(F)F)nc(N4C[C@H]5CC[C@@H](C4)N5C(=O)OC(C)(C)C)c3c[n+]2[O-])c2c(C#C[Si](C(C)C)(C(C)C)C(C)C)c(F)ccc2c1. The van der Waals surface area contributed by atoms with E-state index in [-0.39, 0.29) is 86.8 Å². The summed E-state index contributed by atoms with van der Waals surface area (Å²) in [4.78, 5) is 25.0. The van der Waals surface area contributed by atoms with Crippen LogP contribution < -0.4 is 19.1 Å². The minimum Gasteiger partial charge on any atom is -0.618 e. The van der Waals surface area contributed by atoms with Crippen molar-refractivity contribution in [2.45, 2.75) is 116 Å². The number of methoxy groups -OCH3 is 1. The van der Waals surface area contributed by atoms with Crippen LogP contribution in [0.15, 0.2) is 30.5 Å². The van der Waals surface area contributed by atoms with Crippen molar-refractivity contribution < 1.29 is 50.4 Å². The van der Waals surface area contributed by atoms with Gasteiger partial charge in [-0.05, 0) is 73.8 Å². The van der Waals surface area contributed by atoms with Crippen molar-refractivity contribution in [3.63, 3.8) is 0 Å². The fraction of sp³-hybridized carbons (Fsp3) is 0.535. The highest BCUT2D eigenvalue weighted by molar-refractivity contribution is 6.90. The number of carbonyl (C=O) groups excluding carboxylic acids is 1. The van der Waals surface area contributed by atoms with E-state index < -0.39 is 61.4 Å². The number of hydrogen-bond donors (Lipinski definition) is 0. The van der Waals surface area contributed by atoms with Gasteiger partial charge >= 0.3 is 18.3 Å². The fourth-order valence-corrected chi connectivity index (χ4v) is 14.2. The molecule has 2 saturated heterocycles. The van der Waals surface area contributed by atoms with E-state index in [1.165, 1.54) is 25.3 Å². The molecule has 2 aromatic carbocycles. The number of alkyl halides is 3. The van der Waals surface area contributed by atoms with Gasteiger partial charge in [0.25, 0.3) is 5.69 Å². The van der Waals surface area contributed by atoms with Crippen LogP contribution in [0.3, 0.4) is 0 Å². The van der Waals surface area contributed by atoms with Crippen LogP contribution in [0.4, 0.5) is 32.6 Å². The van der Waals surface area contributed by atoms with E-state index in [1.807, 2.05) is 0 Å². The van der Waals surface area contributed by atoms with Gasteiger partial charge in [0.15, 0.2) is 19.6 Å². The minimum absolute atomic E-state index is 0.0463. The zero-order valence-electron chi connectivity index (χ0n) is 35.6. The number of benzene rings is 2. The first-order valence-electron chi connectivity index (χ1n) is 20.1. The van der Waals surface area contributed by atoms with Crippen molar-refractivity contribution in [1.82, 2.24) is 14.9 Å². The topological polar surface area (TPSA) is 113 Å². The molecule has 6 rings (SSSR count). The van der Waals surface area contributed by atoms with E-state index in [4.69, 9.17) is 18.9 Å². The monoisotopic (exact) mass is 857 g/mol. The number of pyridine rings is 1. The molecular weight excluding hydrogens is 806 g/mol. The number of halogens is 5. The zero-order chi connectivity index (χ0) is 44.1. The first-order valence-corrected chi connectivity index (χ1v) is 22.3. The molecule has 0 unspecified atom stereocenters. The zero-order valence-corrected chi connectivity index (χ0v) is 36.6. The molecule has 60 heavy (non-hydrogen) atoms. The van der Waals surface area contributed by atoms with Crippen LogP contribution in [0.2, 0.25) is 16.6 Å². The van der Waals surface area contributed by atoms with Gasteiger partial charge < -0.3 is 29.1 Å². The van der Waals surface area contributed by atoms with Gasteiger partial charge in [0.05, 0.1) is 23.2 Å². The fourth-order valence-electron chi connectivity index (χ4n) is 9.03. The lowest BCUT2D eigenvalue weighted by Gasteiger charge is -2.41. The minimum atomic E-state index is -4.78. The Morgan fingerprint density at radius 3 is 2.18 bits per heavy atom. The Morgan fingerprint density at radius 2 is 1.62 bits per heavy atom. The molecule has 4 aromatic rings. The van der Waals surface area contributed by atoms with Gasteiger partial charge in [-0.2, -0.15) is 32.3 Å². The van der Waals surface area contributed by atoms with Gasteiger partial charge in [-0.3, -0.25) is 4.90 Å². The number of fused-ring (bicyclic) bond motifs is 4. The van der Waals surface area contributed by atoms with Crippen molar-refractivity contribution in [2.75, 3.05) is 38.5 Å². The maximum atomic E-state index is 17.5. The average molecular weight is 858 g/mol. The molecule has 2 bridgehead atoms. The number of amides is 1. The van der Waals surface area contributed by atoms with Crippen LogP contribution in [0.25, 0.3) is 32.9 Å². The Kier molecular flexibility index (Phi) is 12.5. The summed E-state index contributed by atoms with van der Waals surface area (Å²) in [6.45, 7) is 16.3. The molecule has 0 aliphatic carbocycles. The molecule has 2 aromatic heterocycles. The number of ether oxygens (including phenoxy) is 4. The van der Waals surface area contributed by atoms with Gasteiger partial charge in [0.1, 0.15) is 42.0 Å². The molecule has 11 nitrogen and oxygen atoms in total. The van der Waals surface area contributed by atoms with E-state index >= 15 is 8.78 Å². The van der Waals surface area contributed by atoms with E-state index in [0.29, 0.717) is 18.2 Å². The first kappa shape index (κ1) is 44.6. The van der Waals surface area contributed by atoms with Gasteiger partial charge in [0, 0.05) is 25.6 Å². The largest absolute Gasteiger partial charge is 0.618 e. The summed E-state index contributed by atoms with van der Waals surface area (Å²) in [7, 11) is -1.03. The van der Waals surface area contributed by atoms with Crippen LogP contribution in [0.5, 0.6) is 11.8 Å². The lowest BCUT2D eigenvalue weighted by molar-refractivity contribution is -0.593. The van der Waals surface area contributed by atoms with Gasteiger partial charge in [-0.25, -0.2) is 9.18 Å². The van der Waals surface area contributed by atoms with Crippen LogP contribution in [-0.2, 0) is 9.47 Å². The Bertz CT molecular complexity index is 2310. The summed E-state index contributed by atoms with van der Waals surface area (Å²) in [5.74, 6) is 1.37. The number of aromatic nitrogens is 3. The maximum Gasteiger partial charge on any atom is 0.422 e. The second-order valence-corrected chi connectivity index (χ2v) is 23.1. The molecule has 0 radical (unpaired) electrons. The molecule has 2 fully saturated rings. The molecule has 1 amide bonds. The summed E-state index contributed by atoms with van der Waals surface area (Å²) < 4.78 is 95.9. The smallest absolute Gasteiger partial charge is 0.422 e.